The van der Waals surface area contributed by atoms with Crippen molar-refractivity contribution in [3.05, 3.63) is 23.5 Å². The van der Waals surface area contributed by atoms with Crippen molar-refractivity contribution in [3.8, 4) is 0 Å². The number of carboxylic acids is 1. The van der Waals surface area contributed by atoms with E-state index in [0.29, 0.717) is 6.20 Å². The van der Waals surface area contributed by atoms with Gasteiger partial charge in [0.2, 0.25) is 5.91 Å². The second-order valence-corrected chi connectivity index (χ2v) is 3.85. The molecule has 1 N–H and O–H groups in total. The highest BCUT2D eigenvalue weighted by atomic mass is 19.4. The minimum atomic E-state index is -4.76. The predicted molar refractivity (Wildman–Crippen MR) is 55.1 cm³/mol. The van der Waals surface area contributed by atoms with Crippen molar-refractivity contribution in [1.82, 2.24) is 9.47 Å². The van der Waals surface area contributed by atoms with E-state index in [1.54, 1.807) is 0 Å². The molecule has 0 saturated heterocycles. The van der Waals surface area contributed by atoms with Crippen LogP contribution in [0.25, 0.3) is 0 Å². The minimum Gasteiger partial charge on any atom is -0.478 e. The van der Waals surface area contributed by atoms with E-state index in [9.17, 15) is 22.8 Å². The van der Waals surface area contributed by atoms with Crippen molar-refractivity contribution in [2.75, 3.05) is 14.1 Å². The van der Waals surface area contributed by atoms with Gasteiger partial charge in [0.05, 0.1) is 11.1 Å². The Bertz CT molecular complexity index is 477. The van der Waals surface area contributed by atoms with Gasteiger partial charge in [-0.25, -0.2) is 4.79 Å². The summed E-state index contributed by atoms with van der Waals surface area (Å²) in [5, 5.41) is 8.68. The number of nitrogens with zero attached hydrogens (tertiary/aromatic N) is 2. The van der Waals surface area contributed by atoms with Crippen LogP contribution in [0.4, 0.5) is 13.2 Å². The Morgan fingerprint density at radius 1 is 1.33 bits per heavy atom. The van der Waals surface area contributed by atoms with E-state index in [0.717, 1.165) is 10.8 Å². The lowest BCUT2D eigenvalue weighted by atomic mass is 10.2. The molecule has 0 saturated carbocycles. The normalized spacial score (nSPS) is 11.4. The highest BCUT2D eigenvalue weighted by Gasteiger charge is 2.37. The second kappa shape index (κ2) is 4.71. The molecule has 1 amide bonds. The number of carboxylic acid groups (broad SMARTS) is 1. The number of hydrogen-bond acceptors (Lipinski definition) is 2. The zero-order valence-corrected chi connectivity index (χ0v) is 9.65. The molecule has 5 nitrogen and oxygen atoms in total. The molecule has 0 aliphatic rings. The van der Waals surface area contributed by atoms with Crippen molar-refractivity contribution in [2.45, 2.75) is 12.7 Å². The third-order valence-electron chi connectivity index (χ3n) is 2.23. The number of rotatable bonds is 3. The zero-order valence-electron chi connectivity index (χ0n) is 9.65. The Balaban J connectivity index is 3.11. The van der Waals surface area contributed by atoms with Gasteiger partial charge >= 0.3 is 12.1 Å². The quantitative estimate of drug-likeness (QED) is 0.894. The molecule has 1 aromatic heterocycles. The zero-order chi connectivity index (χ0) is 14.1. The molecule has 0 aromatic carbocycles. The molecule has 1 rings (SSSR count). The van der Waals surface area contributed by atoms with Crippen molar-refractivity contribution in [2.24, 2.45) is 0 Å². The first-order chi connectivity index (χ1) is 8.12. The van der Waals surface area contributed by atoms with Crippen molar-refractivity contribution < 1.29 is 27.9 Å². The minimum absolute atomic E-state index is 0.344. The Labute approximate surface area is 100 Å². The Hall–Kier alpha value is -1.99. The Morgan fingerprint density at radius 3 is 2.22 bits per heavy atom. The molecule has 0 radical (unpaired) electrons. The lowest BCUT2D eigenvalue weighted by Crippen LogP contribution is -2.25. The first-order valence-corrected chi connectivity index (χ1v) is 4.83. The van der Waals surface area contributed by atoms with Crippen molar-refractivity contribution >= 4 is 11.9 Å². The van der Waals surface area contributed by atoms with Crippen LogP contribution in [0, 0.1) is 0 Å². The van der Waals surface area contributed by atoms with Gasteiger partial charge < -0.3 is 14.6 Å². The van der Waals surface area contributed by atoms with Crippen molar-refractivity contribution in [3.63, 3.8) is 0 Å². The topological polar surface area (TPSA) is 62.5 Å². The molecule has 100 valence electrons. The number of alkyl halides is 3. The summed E-state index contributed by atoms with van der Waals surface area (Å²) in [4.78, 5) is 23.2. The fourth-order valence-electron chi connectivity index (χ4n) is 1.29. The number of carbonyl (C=O) groups is 2. The number of amides is 1. The molecule has 1 heterocycles. The molecular formula is C10H11F3N2O3. The molecule has 0 aliphatic carbocycles. The first kappa shape index (κ1) is 14.1. The third-order valence-corrected chi connectivity index (χ3v) is 2.23. The van der Waals surface area contributed by atoms with E-state index in [1.807, 2.05) is 0 Å². The van der Waals surface area contributed by atoms with Gasteiger partial charge in [0, 0.05) is 26.5 Å². The predicted octanol–water partition coefficient (Wildman–Crippen LogP) is 1.29. The van der Waals surface area contributed by atoms with E-state index in [2.05, 4.69) is 0 Å². The van der Waals surface area contributed by atoms with Crippen LogP contribution in [0.2, 0.25) is 0 Å². The highest BCUT2D eigenvalue weighted by molar-refractivity contribution is 5.89. The molecule has 0 aliphatic heterocycles. The van der Waals surface area contributed by atoms with Gasteiger partial charge in [-0.15, -0.1) is 0 Å². The number of halogens is 3. The molecule has 0 spiro atoms. The van der Waals surface area contributed by atoms with Gasteiger partial charge in [0.1, 0.15) is 6.54 Å². The van der Waals surface area contributed by atoms with Gasteiger partial charge in [-0.3, -0.25) is 4.79 Å². The maximum Gasteiger partial charge on any atom is 0.418 e. The average Bonchev–Trinajstić information content (AvgIpc) is 2.60. The summed E-state index contributed by atoms with van der Waals surface area (Å²) in [5.41, 5.74) is -2.13. The monoisotopic (exact) mass is 264 g/mol. The summed E-state index contributed by atoms with van der Waals surface area (Å²) >= 11 is 0. The molecule has 0 fully saturated rings. The molecule has 0 bridgehead atoms. The standard InChI is InChI=1S/C10H11F3N2O3/c1-14(2)8(16)5-15-3-6(9(17)18)7(4-15)10(11,12)13/h3-4H,5H2,1-2H3,(H,17,18). The molecule has 0 atom stereocenters. The van der Waals surface area contributed by atoms with Crippen LogP contribution in [0.1, 0.15) is 15.9 Å². The summed E-state index contributed by atoms with van der Waals surface area (Å²) in [5.74, 6) is -2.12. The van der Waals surface area contributed by atoms with Crippen molar-refractivity contribution in [1.29, 1.82) is 0 Å². The smallest absolute Gasteiger partial charge is 0.418 e. The van der Waals surface area contributed by atoms with Gasteiger partial charge in [-0.05, 0) is 0 Å². The molecule has 1 aromatic rings. The highest BCUT2D eigenvalue weighted by Crippen LogP contribution is 2.32. The lowest BCUT2D eigenvalue weighted by Gasteiger charge is -2.10. The number of aromatic nitrogens is 1. The van der Waals surface area contributed by atoms with Crippen LogP contribution >= 0.6 is 0 Å². The van der Waals surface area contributed by atoms with E-state index < -0.39 is 29.2 Å². The Morgan fingerprint density at radius 2 is 1.89 bits per heavy atom. The molecular weight excluding hydrogens is 253 g/mol. The summed E-state index contributed by atoms with van der Waals surface area (Å²) < 4.78 is 38.5. The number of aromatic carboxylic acids is 1. The fourth-order valence-corrected chi connectivity index (χ4v) is 1.29. The van der Waals surface area contributed by atoms with Crippen LogP contribution in [0.15, 0.2) is 12.4 Å². The fraction of sp³-hybridized carbons (Fsp3) is 0.400. The first-order valence-electron chi connectivity index (χ1n) is 4.83. The van der Waals surface area contributed by atoms with E-state index in [-0.39, 0.29) is 6.54 Å². The van der Waals surface area contributed by atoms with E-state index in [1.165, 1.54) is 19.0 Å². The summed E-state index contributed by atoms with van der Waals surface area (Å²) in [7, 11) is 2.91. The SMILES string of the molecule is CN(C)C(=O)Cn1cc(C(=O)O)c(C(F)(F)F)c1. The average molecular weight is 264 g/mol. The molecule has 0 unspecified atom stereocenters. The van der Waals surface area contributed by atoms with Crippen LogP contribution < -0.4 is 0 Å². The van der Waals surface area contributed by atoms with Gasteiger partial charge in [-0.1, -0.05) is 0 Å². The van der Waals surface area contributed by atoms with Gasteiger partial charge in [-0.2, -0.15) is 13.2 Å². The third kappa shape index (κ3) is 3.02. The summed E-state index contributed by atoms with van der Waals surface area (Å²) in [6, 6.07) is 0. The van der Waals surface area contributed by atoms with Crippen LogP contribution in [0.5, 0.6) is 0 Å². The molecule has 8 heteroatoms. The second-order valence-electron chi connectivity index (χ2n) is 3.85. The van der Waals surface area contributed by atoms with Crippen LogP contribution in [0.3, 0.4) is 0 Å². The molecule has 18 heavy (non-hydrogen) atoms. The van der Waals surface area contributed by atoms with E-state index >= 15 is 0 Å². The lowest BCUT2D eigenvalue weighted by molar-refractivity contribution is -0.138. The summed E-state index contributed by atoms with van der Waals surface area (Å²) in [6.45, 7) is -0.344. The van der Waals surface area contributed by atoms with Gasteiger partial charge in [0.25, 0.3) is 0 Å². The number of likely N-dealkylation sites (N-methyl/N-ethyl adjacent to an activating group) is 1. The number of carbonyl (C=O) groups excluding carboxylic acids is 1. The Kier molecular flexibility index (Phi) is 3.68. The number of hydrogen-bond donors (Lipinski definition) is 1. The van der Waals surface area contributed by atoms with Crippen LogP contribution in [-0.4, -0.2) is 40.5 Å². The largest absolute Gasteiger partial charge is 0.478 e. The maximum atomic E-state index is 12.5. The van der Waals surface area contributed by atoms with E-state index in [4.69, 9.17) is 5.11 Å². The van der Waals surface area contributed by atoms with Gasteiger partial charge in [0.15, 0.2) is 0 Å². The maximum absolute atomic E-state index is 12.5. The van der Waals surface area contributed by atoms with Crippen LogP contribution in [-0.2, 0) is 17.5 Å². The summed E-state index contributed by atoms with van der Waals surface area (Å²) in [6.07, 6.45) is -3.35.